The lowest BCUT2D eigenvalue weighted by atomic mass is 10.2. The Morgan fingerprint density at radius 1 is 1.55 bits per heavy atom. The van der Waals surface area contributed by atoms with E-state index in [1.165, 1.54) is 16.9 Å². The molecule has 2 rings (SSSR count). The molecule has 0 saturated carbocycles. The molecular formula is C11H11N5O4. The predicted octanol–water partition coefficient (Wildman–Crippen LogP) is 0.431. The summed E-state index contributed by atoms with van der Waals surface area (Å²) in [5.41, 5.74) is 2.23. The average molecular weight is 277 g/mol. The number of carbonyl (C=O) groups is 1. The topological polar surface area (TPSA) is 125 Å². The van der Waals surface area contributed by atoms with Gasteiger partial charge < -0.3 is 4.74 Å². The molecule has 1 heterocycles. The van der Waals surface area contributed by atoms with Crippen LogP contribution in [0.4, 0.5) is 5.69 Å². The Hall–Kier alpha value is -2.94. The third-order valence-corrected chi connectivity index (χ3v) is 2.42. The largest absolute Gasteiger partial charge is 0.471 e. The number of aromatic nitrogens is 2. The Balaban J connectivity index is 2.03. The number of amides is 1. The number of nitrogens with one attached hydrogen (secondary N) is 1. The number of rotatable bonds is 5. The number of carbonyl (C=O) groups excluding carboxylic acids is 1. The van der Waals surface area contributed by atoms with Gasteiger partial charge in [-0.2, -0.15) is 5.10 Å². The second-order valence-corrected chi connectivity index (χ2v) is 3.77. The third-order valence-electron chi connectivity index (χ3n) is 2.42. The van der Waals surface area contributed by atoms with Crippen LogP contribution in [0.2, 0.25) is 0 Å². The highest BCUT2D eigenvalue weighted by atomic mass is 16.6. The van der Waals surface area contributed by atoms with Crippen LogP contribution in [0.15, 0.2) is 36.7 Å². The summed E-state index contributed by atoms with van der Waals surface area (Å²) in [5.74, 6) is 5.01. The first-order valence-corrected chi connectivity index (χ1v) is 5.51. The van der Waals surface area contributed by atoms with E-state index < -0.39 is 10.8 Å². The average Bonchev–Trinajstić information content (AvgIpc) is 2.93. The van der Waals surface area contributed by atoms with Crippen molar-refractivity contribution in [3.8, 4) is 5.75 Å². The molecule has 3 N–H and O–H groups in total. The Bertz CT molecular complexity index is 639. The molecule has 0 bridgehead atoms. The van der Waals surface area contributed by atoms with E-state index in [0.717, 1.165) is 6.20 Å². The van der Waals surface area contributed by atoms with Crippen LogP contribution >= 0.6 is 0 Å². The number of nitrogen functional groups attached to an aromatic ring is 1. The molecule has 9 nitrogen and oxygen atoms in total. The van der Waals surface area contributed by atoms with Gasteiger partial charge in [0.2, 0.25) is 0 Å². The lowest BCUT2D eigenvalue weighted by molar-refractivity contribution is -0.385. The van der Waals surface area contributed by atoms with Gasteiger partial charge in [0.15, 0.2) is 6.73 Å². The van der Waals surface area contributed by atoms with Crippen LogP contribution < -0.4 is 16.0 Å². The molecule has 1 aromatic heterocycles. The van der Waals surface area contributed by atoms with Crippen LogP contribution in [0.5, 0.6) is 5.75 Å². The quantitative estimate of drug-likeness (QED) is 0.353. The van der Waals surface area contributed by atoms with Crippen molar-refractivity contribution >= 4 is 11.6 Å². The highest BCUT2D eigenvalue weighted by Crippen LogP contribution is 2.14. The molecule has 9 heteroatoms. The van der Waals surface area contributed by atoms with Crippen LogP contribution in [0.25, 0.3) is 0 Å². The molecule has 104 valence electrons. The molecular weight excluding hydrogens is 266 g/mol. The van der Waals surface area contributed by atoms with Crippen LogP contribution in [0.1, 0.15) is 10.4 Å². The smallest absolute Gasteiger partial charge is 0.307 e. The van der Waals surface area contributed by atoms with Crippen molar-refractivity contribution < 1.29 is 14.5 Å². The van der Waals surface area contributed by atoms with E-state index in [4.69, 9.17) is 10.6 Å². The summed E-state index contributed by atoms with van der Waals surface area (Å²) in [4.78, 5) is 21.3. The Morgan fingerprint density at radius 2 is 2.35 bits per heavy atom. The Kier molecular flexibility index (Phi) is 3.91. The summed E-state index contributed by atoms with van der Waals surface area (Å²) < 4.78 is 6.65. The zero-order chi connectivity index (χ0) is 14.5. The molecule has 0 saturated heterocycles. The molecule has 2 aromatic rings. The number of hydrogen-bond donors (Lipinski definition) is 2. The van der Waals surface area contributed by atoms with Crippen LogP contribution in [-0.2, 0) is 6.73 Å². The number of benzene rings is 1. The van der Waals surface area contributed by atoms with Gasteiger partial charge in [-0.05, 0) is 18.2 Å². The molecule has 0 spiro atoms. The summed E-state index contributed by atoms with van der Waals surface area (Å²) in [6, 6.07) is 6.35. The maximum absolute atomic E-state index is 11.3. The van der Waals surface area contributed by atoms with Gasteiger partial charge in [0.05, 0.1) is 4.92 Å². The first-order chi connectivity index (χ1) is 9.60. The highest BCUT2D eigenvalue weighted by molar-refractivity contribution is 5.94. The van der Waals surface area contributed by atoms with Crippen molar-refractivity contribution in [2.45, 2.75) is 6.73 Å². The molecule has 0 aliphatic rings. The fourth-order valence-corrected chi connectivity index (χ4v) is 1.47. The number of nitrogens with zero attached hydrogens (tertiary/aromatic N) is 3. The fourth-order valence-electron chi connectivity index (χ4n) is 1.47. The molecule has 1 amide bonds. The molecule has 20 heavy (non-hydrogen) atoms. The molecule has 0 aliphatic carbocycles. The first-order valence-electron chi connectivity index (χ1n) is 5.51. The number of hydrazine groups is 1. The van der Waals surface area contributed by atoms with Gasteiger partial charge in [-0.15, -0.1) is 0 Å². The van der Waals surface area contributed by atoms with Crippen LogP contribution in [0.3, 0.4) is 0 Å². The van der Waals surface area contributed by atoms with Gasteiger partial charge in [-0.3, -0.25) is 20.3 Å². The molecule has 0 radical (unpaired) electrons. The van der Waals surface area contributed by atoms with E-state index in [-0.39, 0.29) is 12.4 Å². The maximum atomic E-state index is 11.3. The lowest BCUT2D eigenvalue weighted by Gasteiger charge is -2.07. The zero-order valence-electron chi connectivity index (χ0n) is 10.2. The number of nitrogens with two attached hydrogens (primary N) is 1. The van der Waals surface area contributed by atoms with Crippen molar-refractivity contribution in [3.63, 3.8) is 0 Å². The maximum Gasteiger partial charge on any atom is 0.307 e. The second-order valence-electron chi connectivity index (χ2n) is 3.77. The number of hydrogen-bond acceptors (Lipinski definition) is 6. The molecule has 0 atom stereocenters. The number of ether oxygens (including phenoxy) is 1. The summed E-state index contributed by atoms with van der Waals surface area (Å²) in [6.45, 7) is -0.0124. The summed E-state index contributed by atoms with van der Waals surface area (Å²) in [7, 11) is 0. The van der Waals surface area contributed by atoms with Gasteiger partial charge >= 0.3 is 5.69 Å². The molecule has 0 aliphatic heterocycles. The first kappa shape index (κ1) is 13.5. The minimum Gasteiger partial charge on any atom is -0.471 e. The SMILES string of the molecule is NNC(=O)c1cccc(OCn2cc([N+](=O)[O-])cn2)c1. The van der Waals surface area contributed by atoms with E-state index in [1.54, 1.807) is 18.2 Å². The highest BCUT2D eigenvalue weighted by Gasteiger charge is 2.09. The van der Waals surface area contributed by atoms with Crippen molar-refractivity contribution in [2.24, 2.45) is 5.84 Å². The van der Waals surface area contributed by atoms with Crippen molar-refractivity contribution in [1.82, 2.24) is 15.2 Å². The Morgan fingerprint density at radius 3 is 3.00 bits per heavy atom. The minimum absolute atomic E-state index is 0.0124. The zero-order valence-corrected chi connectivity index (χ0v) is 10.2. The van der Waals surface area contributed by atoms with E-state index in [0.29, 0.717) is 11.3 Å². The predicted molar refractivity (Wildman–Crippen MR) is 67.6 cm³/mol. The van der Waals surface area contributed by atoms with Gasteiger partial charge in [0.25, 0.3) is 5.91 Å². The van der Waals surface area contributed by atoms with Gasteiger partial charge in [-0.25, -0.2) is 10.5 Å². The molecule has 1 aromatic carbocycles. The third kappa shape index (κ3) is 3.09. The second kappa shape index (κ2) is 5.80. The van der Waals surface area contributed by atoms with Crippen LogP contribution in [-0.4, -0.2) is 20.6 Å². The van der Waals surface area contributed by atoms with E-state index >= 15 is 0 Å². The Labute approximate surface area is 113 Å². The standard InChI is InChI=1S/C11H11N5O4/c12-14-11(17)8-2-1-3-10(4-8)20-7-15-6-9(5-13-15)16(18)19/h1-6H,7,12H2,(H,14,17). The van der Waals surface area contributed by atoms with Gasteiger partial charge in [0.1, 0.15) is 18.1 Å². The van der Waals surface area contributed by atoms with Crippen LogP contribution in [0, 0.1) is 10.1 Å². The van der Waals surface area contributed by atoms with Crippen molar-refractivity contribution in [2.75, 3.05) is 0 Å². The summed E-state index contributed by atoms with van der Waals surface area (Å²) >= 11 is 0. The van der Waals surface area contributed by atoms with Gasteiger partial charge in [0, 0.05) is 5.56 Å². The van der Waals surface area contributed by atoms with E-state index in [9.17, 15) is 14.9 Å². The minimum atomic E-state index is -0.546. The summed E-state index contributed by atoms with van der Waals surface area (Å²) in [6.07, 6.45) is 2.37. The fraction of sp³-hybridized carbons (Fsp3) is 0.0909. The van der Waals surface area contributed by atoms with Crippen molar-refractivity contribution in [1.29, 1.82) is 0 Å². The molecule has 0 unspecified atom stereocenters. The van der Waals surface area contributed by atoms with E-state index in [1.807, 2.05) is 5.43 Å². The molecule has 0 fully saturated rings. The van der Waals surface area contributed by atoms with E-state index in [2.05, 4.69) is 5.10 Å². The summed E-state index contributed by atoms with van der Waals surface area (Å²) in [5, 5.41) is 14.3. The van der Waals surface area contributed by atoms with Crippen molar-refractivity contribution in [3.05, 3.63) is 52.3 Å². The monoisotopic (exact) mass is 277 g/mol. The van der Waals surface area contributed by atoms with Gasteiger partial charge in [-0.1, -0.05) is 6.07 Å². The number of nitro groups is 1. The lowest BCUT2D eigenvalue weighted by Crippen LogP contribution is -2.29. The normalized spacial score (nSPS) is 10.1.